The van der Waals surface area contributed by atoms with Crippen molar-refractivity contribution in [3.63, 3.8) is 0 Å². The number of esters is 1. The molecule has 0 saturated heterocycles. The Bertz CT molecular complexity index is 928. The van der Waals surface area contributed by atoms with Crippen molar-refractivity contribution in [1.82, 2.24) is 10.2 Å². The molecule has 26 heavy (non-hydrogen) atoms. The fourth-order valence-electron chi connectivity index (χ4n) is 2.15. The molecule has 0 aliphatic heterocycles. The van der Waals surface area contributed by atoms with E-state index in [2.05, 4.69) is 15.5 Å². The van der Waals surface area contributed by atoms with Crippen molar-refractivity contribution in [3.8, 4) is 11.1 Å². The van der Waals surface area contributed by atoms with Crippen LogP contribution in [0.2, 0.25) is 5.02 Å². The van der Waals surface area contributed by atoms with Gasteiger partial charge < -0.3 is 10.1 Å². The van der Waals surface area contributed by atoms with E-state index in [4.69, 9.17) is 16.3 Å². The van der Waals surface area contributed by atoms with Crippen LogP contribution >= 0.6 is 46.0 Å². The molecule has 1 aromatic carbocycles. The molecule has 2 aromatic heterocycles. The second-order valence-electron chi connectivity index (χ2n) is 4.87. The molecule has 10 heteroatoms. The number of halogens is 1. The van der Waals surface area contributed by atoms with Gasteiger partial charge in [0.15, 0.2) is 4.34 Å². The number of thiophene rings is 1. The summed E-state index contributed by atoms with van der Waals surface area (Å²) < 4.78 is 5.59. The molecular weight excluding hydrogens is 414 g/mol. The zero-order chi connectivity index (χ0) is 18.5. The van der Waals surface area contributed by atoms with E-state index in [1.807, 2.05) is 18.2 Å². The number of ether oxygens (including phenoxy) is 1. The molecule has 0 bridgehead atoms. The van der Waals surface area contributed by atoms with E-state index in [9.17, 15) is 9.59 Å². The Morgan fingerprint density at radius 1 is 1.27 bits per heavy atom. The van der Waals surface area contributed by atoms with E-state index >= 15 is 0 Å². The number of methoxy groups -OCH3 is 1. The standard InChI is InChI=1S/C16H12ClN3O3S3/c1-23-15(22)13-10(9-4-2-3-5-11(9)17)6-24-14(13)19-12(21)7-25-16-20-18-8-26-16/h2-6,8H,7H2,1H3,(H,19,21). The maximum absolute atomic E-state index is 12.3. The fraction of sp³-hybridized carbons (Fsp3) is 0.125. The molecule has 0 spiro atoms. The number of nitrogens with zero attached hydrogens (tertiary/aromatic N) is 2. The van der Waals surface area contributed by atoms with Gasteiger partial charge in [0.05, 0.1) is 12.9 Å². The van der Waals surface area contributed by atoms with Gasteiger partial charge in [-0.15, -0.1) is 21.5 Å². The van der Waals surface area contributed by atoms with Crippen molar-refractivity contribution in [3.05, 3.63) is 45.7 Å². The van der Waals surface area contributed by atoms with Gasteiger partial charge in [-0.3, -0.25) is 4.79 Å². The molecular formula is C16H12ClN3O3S3. The monoisotopic (exact) mass is 425 g/mol. The Morgan fingerprint density at radius 3 is 2.77 bits per heavy atom. The number of amides is 1. The van der Waals surface area contributed by atoms with E-state index in [1.165, 1.54) is 41.5 Å². The second kappa shape index (κ2) is 8.63. The molecule has 0 aliphatic carbocycles. The van der Waals surface area contributed by atoms with Gasteiger partial charge in [-0.1, -0.05) is 52.9 Å². The number of nitrogens with one attached hydrogen (secondary N) is 1. The number of rotatable bonds is 6. The summed E-state index contributed by atoms with van der Waals surface area (Å²) in [7, 11) is 1.30. The Labute approximate surface area is 166 Å². The minimum absolute atomic E-state index is 0.162. The Morgan fingerprint density at radius 2 is 2.08 bits per heavy atom. The highest BCUT2D eigenvalue weighted by Gasteiger charge is 2.23. The summed E-state index contributed by atoms with van der Waals surface area (Å²) in [4.78, 5) is 24.5. The minimum Gasteiger partial charge on any atom is -0.465 e. The topological polar surface area (TPSA) is 81.2 Å². The van der Waals surface area contributed by atoms with E-state index in [-0.39, 0.29) is 11.7 Å². The first kappa shape index (κ1) is 18.8. The number of aromatic nitrogens is 2. The highest BCUT2D eigenvalue weighted by molar-refractivity contribution is 8.01. The third-order valence-corrected chi connectivity index (χ3v) is 6.35. The van der Waals surface area contributed by atoms with Crippen LogP contribution in [0.25, 0.3) is 11.1 Å². The lowest BCUT2D eigenvalue weighted by molar-refractivity contribution is -0.113. The van der Waals surface area contributed by atoms with Gasteiger partial charge in [-0.2, -0.15) is 0 Å². The third kappa shape index (κ3) is 4.24. The molecule has 0 saturated carbocycles. The van der Waals surface area contributed by atoms with Crippen LogP contribution in [0.4, 0.5) is 5.00 Å². The molecule has 6 nitrogen and oxygen atoms in total. The average Bonchev–Trinajstić information content (AvgIpc) is 3.29. The predicted octanol–water partition coefficient (Wildman–Crippen LogP) is 4.44. The molecule has 0 unspecified atom stereocenters. The number of benzene rings is 1. The zero-order valence-electron chi connectivity index (χ0n) is 13.4. The van der Waals surface area contributed by atoms with Crippen LogP contribution in [-0.4, -0.2) is 34.9 Å². The number of hydrogen-bond donors (Lipinski definition) is 1. The van der Waals surface area contributed by atoms with Gasteiger partial charge in [0.1, 0.15) is 16.1 Å². The second-order valence-corrected chi connectivity index (χ2v) is 8.21. The van der Waals surface area contributed by atoms with Crippen molar-refractivity contribution in [1.29, 1.82) is 0 Å². The largest absolute Gasteiger partial charge is 0.465 e. The quantitative estimate of drug-likeness (QED) is 0.464. The molecule has 1 N–H and O–H groups in total. The van der Waals surface area contributed by atoms with E-state index in [0.29, 0.717) is 31.1 Å². The summed E-state index contributed by atoms with van der Waals surface area (Å²) in [6.45, 7) is 0. The first-order valence-electron chi connectivity index (χ1n) is 7.23. The van der Waals surface area contributed by atoms with Crippen molar-refractivity contribution >= 4 is 62.9 Å². The van der Waals surface area contributed by atoms with Gasteiger partial charge in [-0.25, -0.2) is 4.79 Å². The fourth-order valence-corrected chi connectivity index (χ4v) is 4.64. The Balaban J connectivity index is 1.84. The van der Waals surface area contributed by atoms with Crippen LogP contribution in [0.5, 0.6) is 0 Å². The van der Waals surface area contributed by atoms with Gasteiger partial charge >= 0.3 is 5.97 Å². The number of carbonyl (C=O) groups excluding carboxylic acids is 2. The summed E-state index contributed by atoms with van der Waals surface area (Å²) in [6.07, 6.45) is 0. The Hall–Kier alpha value is -1.94. The van der Waals surface area contributed by atoms with Crippen LogP contribution in [0.15, 0.2) is 39.5 Å². The van der Waals surface area contributed by atoms with Crippen molar-refractivity contribution in [2.75, 3.05) is 18.2 Å². The lowest BCUT2D eigenvalue weighted by atomic mass is 10.0. The summed E-state index contributed by atoms with van der Waals surface area (Å²) in [5.41, 5.74) is 3.22. The van der Waals surface area contributed by atoms with Crippen LogP contribution in [0.3, 0.4) is 0 Å². The van der Waals surface area contributed by atoms with Crippen molar-refractivity contribution in [2.24, 2.45) is 0 Å². The zero-order valence-corrected chi connectivity index (χ0v) is 16.6. The number of anilines is 1. The van der Waals surface area contributed by atoms with Gasteiger partial charge in [-0.05, 0) is 6.07 Å². The molecule has 0 radical (unpaired) electrons. The first-order valence-corrected chi connectivity index (χ1v) is 10.4. The van der Waals surface area contributed by atoms with Crippen LogP contribution < -0.4 is 5.32 Å². The third-order valence-electron chi connectivity index (χ3n) is 3.26. The maximum atomic E-state index is 12.3. The van der Waals surface area contributed by atoms with Gasteiger partial charge in [0.2, 0.25) is 5.91 Å². The summed E-state index contributed by atoms with van der Waals surface area (Å²) in [5, 5.41) is 13.1. The first-order chi connectivity index (χ1) is 12.6. The summed E-state index contributed by atoms with van der Waals surface area (Å²) in [5.74, 6) is -0.619. The van der Waals surface area contributed by atoms with Crippen molar-refractivity contribution in [2.45, 2.75) is 4.34 Å². The summed E-state index contributed by atoms with van der Waals surface area (Å²) >= 11 is 10.1. The number of hydrogen-bond acceptors (Lipinski definition) is 8. The summed E-state index contributed by atoms with van der Waals surface area (Å²) in [6, 6.07) is 7.20. The average molecular weight is 426 g/mol. The Kier molecular flexibility index (Phi) is 6.25. The molecule has 134 valence electrons. The minimum atomic E-state index is -0.534. The lowest BCUT2D eigenvalue weighted by Gasteiger charge is -2.08. The smallest absolute Gasteiger partial charge is 0.341 e. The highest BCUT2D eigenvalue weighted by atomic mass is 35.5. The molecule has 0 atom stereocenters. The molecule has 0 aliphatic rings. The van der Waals surface area contributed by atoms with E-state index < -0.39 is 5.97 Å². The van der Waals surface area contributed by atoms with Crippen LogP contribution in [0.1, 0.15) is 10.4 Å². The number of carbonyl (C=O) groups is 2. The molecule has 2 heterocycles. The van der Waals surface area contributed by atoms with E-state index in [1.54, 1.807) is 17.0 Å². The normalized spacial score (nSPS) is 10.5. The van der Waals surface area contributed by atoms with Crippen LogP contribution in [0, 0.1) is 0 Å². The lowest BCUT2D eigenvalue weighted by Crippen LogP contribution is -2.16. The maximum Gasteiger partial charge on any atom is 0.341 e. The van der Waals surface area contributed by atoms with Gasteiger partial charge in [0, 0.05) is 21.5 Å². The highest BCUT2D eigenvalue weighted by Crippen LogP contribution is 2.39. The SMILES string of the molecule is COC(=O)c1c(-c2ccccc2Cl)csc1NC(=O)CSc1nncs1. The molecule has 0 fully saturated rings. The molecule has 3 aromatic rings. The number of thioether (sulfide) groups is 1. The molecule has 1 amide bonds. The predicted molar refractivity (Wildman–Crippen MR) is 105 cm³/mol. The molecule has 3 rings (SSSR count). The van der Waals surface area contributed by atoms with Crippen LogP contribution in [-0.2, 0) is 9.53 Å². The van der Waals surface area contributed by atoms with Crippen molar-refractivity contribution < 1.29 is 14.3 Å². The van der Waals surface area contributed by atoms with E-state index in [0.717, 1.165) is 0 Å². The van der Waals surface area contributed by atoms with Gasteiger partial charge in [0.25, 0.3) is 0 Å².